The molecule has 3 aliphatic heterocycles. The largest absolute Gasteiger partial charge is 0.462 e. The van der Waals surface area contributed by atoms with Crippen LogP contribution < -0.4 is 0 Å². The highest BCUT2D eigenvalue weighted by molar-refractivity contribution is 6.01. The van der Waals surface area contributed by atoms with Crippen LogP contribution in [-0.4, -0.2) is 137 Å². The van der Waals surface area contributed by atoms with Crippen molar-refractivity contribution in [3.05, 3.63) is 11.6 Å². The molecule has 0 aromatic rings. The number of esters is 1. The second-order valence-electron chi connectivity index (χ2n) is 16.9. The van der Waals surface area contributed by atoms with Crippen molar-refractivity contribution in [2.45, 2.75) is 159 Å². The fourth-order valence-corrected chi connectivity index (χ4v) is 10.8. The van der Waals surface area contributed by atoms with E-state index in [1.54, 1.807) is 21.3 Å². The van der Waals surface area contributed by atoms with Gasteiger partial charge >= 0.3 is 5.97 Å². The lowest BCUT2D eigenvalue weighted by Crippen LogP contribution is -2.59. The van der Waals surface area contributed by atoms with Crippen molar-refractivity contribution in [2.24, 2.45) is 35.5 Å². The van der Waals surface area contributed by atoms with Gasteiger partial charge in [-0.25, -0.2) is 0 Å². The first-order chi connectivity index (χ1) is 25.8. The zero-order valence-electron chi connectivity index (χ0n) is 33.7. The van der Waals surface area contributed by atoms with Crippen LogP contribution in [0.5, 0.6) is 0 Å². The van der Waals surface area contributed by atoms with Gasteiger partial charge < -0.3 is 47.9 Å². The number of carbonyl (C=O) groups excluding carboxylic acids is 3. The maximum Gasteiger partial charge on any atom is 0.306 e. The van der Waals surface area contributed by atoms with Crippen LogP contribution in [0.4, 0.5) is 0 Å². The van der Waals surface area contributed by atoms with Gasteiger partial charge in [0.15, 0.2) is 24.1 Å². The number of allylic oxidation sites excluding steroid dienone is 2. The van der Waals surface area contributed by atoms with Gasteiger partial charge in [-0.2, -0.15) is 0 Å². The molecule has 5 fully saturated rings. The minimum Gasteiger partial charge on any atom is -0.462 e. The van der Waals surface area contributed by atoms with Crippen molar-refractivity contribution in [3.63, 3.8) is 0 Å². The Balaban J connectivity index is 1.25. The van der Waals surface area contributed by atoms with E-state index in [9.17, 15) is 19.5 Å². The maximum atomic E-state index is 14.7. The molecule has 2 saturated carbocycles. The van der Waals surface area contributed by atoms with Gasteiger partial charge in [0.25, 0.3) is 0 Å². The number of ketones is 2. The predicted octanol–water partition coefficient (Wildman–Crippen LogP) is 3.86. The van der Waals surface area contributed by atoms with Crippen molar-refractivity contribution in [1.29, 1.82) is 0 Å². The zero-order valence-corrected chi connectivity index (χ0v) is 33.7. The fourth-order valence-electron chi connectivity index (χ4n) is 10.8. The number of aliphatic hydroxyl groups is 1. The third kappa shape index (κ3) is 8.27. The van der Waals surface area contributed by atoms with Gasteiger partial charge in [-0.15, -0.1) is 0 Å². The van der Waals surface area contributed by atoms with Crippen LogP contribution in [-0.2, 0) is 52.3 Å². The standard InChI is InChI=1S/C41H65NO12/c1-10-23-12-11-13-31(54-33-15-14-30(42(5)6)21(3)50-33)20(2)35(44)29-18-26-25-16-24(53-41-40(49-9)39(48-8)38(47-7)22(4)51-41)17-28(25)36(45)37(46)34(26)27(29)19-32(43)52-23/h18,20-28,30-31,33-34,36,38-41,45H,10-17,19H2,1-9H3/t20-,21?,22?,23+,24+,25+,26+,27-,28-,30+,31+,33+,34-,36+,38+,39?,40+,41+/m1/s1. The Morgan fingerprint density at radius 2 is 1.56 bits per heavy atom. The van der Waals surface area contributed by atoms with E-state index in [-0.39, 0.29) is 72.3 Å². The summed E-state index contributed by atoms with van der Waals surface area (Å²) >= 11 is 0. The van der Waals surface area contributed by atoms with Gasteiger partial charge in [-0.1, -0.05) is 19.9 Å². The van der Waals surface area contributed by atoms with E-state index in [1.165, 1.54) is 0 Å². The van der Waals surface area contributed by atoms with Gasteiger partial charge in [0.2, 0.25) is 0 Å². The third-order valence-corrected chi connectivity index (χ3v) is 13.6. The molecule has 6 aliphatic rings. The van der Waals surface area contributed by atoms with Gasteiger partial charge in [-0.3, -0.25) is 14.4 Å². The minimum atomic E-state index is -1.24. The number of hydrogen-bond acceptors (Lipinski definition) is 13. The zero-order chi connectivity index (χ0) is 39.0. The molecule has 0 aromatic carbocycles. The molecule has 1 N–H and O–H groups in total. The summed E-state index contributed by atoms with van der Waals surface area (Å²) in [4.78, 5) is 44.6. The number of cyclic esters (lactones) is 1. The molecule has 3 saturated heterocycles. The van der Waals surface area contributed by atoms with Crippen molar-refractivity contribution >= 4 is 17.5 Å². The molecule has 13 nitrogen and oxygen atoms in total. The monoisotopic (exact) mass is 763 g/mol. The smallest absolute Gasteiger partial charge is 0.306 e. The number of Topliss-reactive ketones (excluding diaryl/α,β-unsaturated/α-hetero) is 2. The molecule has 0 bridgehead atoms. The summed E-state index contributed by atoms with van der Waals surface area (Å²) in [6.45, 7) is 7.87. The average Bonchev–Trinajstić information content (AvgIpc) is 3.73. The normalized spacial score (nSPS) is 46.2. The number of nitrogens with zero attached hydrogens (tertiary/aromatic N) is 1. The Morgan fingerprint density at radius 3 is 2.20 bits per heavy atom. The second-order valence-corrected chi connectivity index (χ2v) is 16.9. The van der Waals surface area contributed by atoms with Crippen molar-refractivity contribution in [3.8, 4) is 0 Å². The van der Waals surface area contributed by atoms with Gasteiger partial charge in [0.1, 0.15) is 30.5 Å². The molecule has 0 radical (unpaired) electrons. The molecule has 54 heavy (non-hydrogen) atoms. The van der Waals surface area contributed by atoms with Gasteiger partial charge in [-0.05, 0) is 103 Å². The number of carbonyl (C=O) groups is 3. The topological polar surface area (TPSA) is 149 Å². The Morgan fingerprint density at radius 1 is 0.852 bits per heavy atom. The molecule has 18 atom stereocenters. The van der Waals surface area contributed by atoms with E-state index in [0.29, 0.717) is 37.7 Å². The summed E-state index contributed by atoms with van der Waals surface area (Å²) in [5, 5.41) is 11.6. The number of rotatable bonds is 9. The van der Waals surface area contributed by atoms with Crippen molar-refractivity contribution < 1.29 is 57.4 Å². The number of hydrogen-bond donors (Lipinski definition) is 1. The van der Waals surface area contributed by atoms with Gasteiger partial charge in [0.05, 0.1) is 30.8 Å². The maximum absolute atomic E-state index is 14.7. The second kappa shape index (κ2) is 17.8. The third-order valence-electron chi connectivity index (χ3n) is 13.6. The van der Waals surface area contributed by atoms with Crippen LogP contribution in [0, 0.1) is 35.5 Å². The highest BCUT2D eigenvalue weighted by atomic mass is 16.7. The number of ether oxygens (including phenoxy) is 8. The van der Waals surface area contributed by atoms with Crippen molar-refractivity contribution in [2.75, 3.05) is 35.4 Å². The quantitative estimate of drug-likeness (QED) is 0.340. The van der Waals surface area contributed by atoms with Crippen LogP contribution in [0.2, 0.25) is 0 Å². The average molecular weight is 764 g/mol. The summed E-state index contributed by atoms with van der Waals surface area (Å²) in [7, 11) is 8.91. The summed E-state index contributed by atoms with van der Waals surface area (Å²) in [6.07, 6.45) is 1.99. The number of aliphatic hydroxyl groups excluding tert-OH is 1. The van der Waals surface area contributed by atoms with Crippen LogP contribution in [0.1, 0.15) is 85.5 Å². The SMILES string of the molecule is CC[C@H]1CCC[C@H](O[C@H]2CC[C@H](N(C)C)C(C)O2)[C@@H](C)C(=O)C2=C[C@H]3[C@@H]4C[C@H](O[C@@H]5OC(C)[C@H](OC)C(OC)[C@@H]5OC)C[C@H]4[C@H](O)C(=O)[C@H]3[C@@H]2CC(=O)O1. The molecular weight excluding hydrogens is 698 g/mol. The first-order valence-electron chi connectivity index (χ1n) is 20.3. The van der Waals surface area contributed by atoms with Crippen LogP contribution >= 0.6 is 0 Å². The Bertz CT molecular complexity index is 1360. The van der Waals surface area contributed by atoms with Crippen LogP contribution in [0.25, 0.3) is 0 Å². The summed E-state index contributed by atoms with van der Waals surface area (Å²) in [5.41, 5.74) is 0.477. The number of fused-ring (bicyclic) bond motifs is 5. The molecule has 3 aliphatic carbocycles. The van der Waals surface area contributed by atoms with E-state index < -0.39 is 60.7 Å². The fraction of sp³-hybridized carbons (Fsp3) is 0.878. The lowest BCUT2D eigenvalue weighted by molar-refractivity contribution is -0.314. The van der Waals surface area contributed by atoms with Gasteiger partial charge in [0, 0.05) is 45.1 Å². The minimum absolute atomic E-state index is 0.0216. The lowest BCUT2D eigenvalue weighted by Gasteiger charge is -2.44. The molecule has 0 spiro atoms. The van der Waals surface area contributed by atoms with E-state index in [1.807, 2.05) is 26.8 Å². The molecule has 3 heterocycles. The molecule has 3 unspecified atom stereocenters. The molecule has 0 amide bonds. The molecule has 6 rings (SSSR count). The van der Waals surface area contributed by atoms with E-state index in [4.69, 9.17) is 37.9 Å². The number of methoxy groups -OCH3 is 3. The molecular formula is C41H65NO12. The molecule has 0 aromatic heterocycles. The van der Waals surface area contributed by atoms with Crippen molar-refractivity contribution in [1.82, 2.24) is 4.90 Å². The highest BCUT2D eigenvalue weighted by Gasteiger charge is 2.59. The summed E-state index contributed by atoms with van der Waals surface area (Å²) in [6, 6.07) is 0.288. The summed E-state index contributed by atoms with van der Waals surface area (Å²) < 4.78 is 49.1. The summed E-state index contributed by atoms with van der Waals surface area (Å²) in [5.74, 6) is -3.66. The molecule has 306 valence electrons. The Hall–Kier alpha value is -1.81. The molecule has 13 heteroatoms. The highest BCUT2D eigenvalue weighted by Crippen LogP contribution is 2.56. The Labute approximate surface area is 321 Å². The number of likely N-dealkylation sites (N-methyl/N-ethyl adjacent to an activating group) is 1. The first kappa shape index (κ1) is 41.8. The van der Waals surface area contributed by atoms with Crippen LogP contribution in [0.15, 0.2) is 11.6 Å². The van der Waals surface area contributed by atoms with Crippen LogP contribution in [0.3, 0.4) is 0 Å². The Kier molecular flexibility index (Phi) is 13.8. The lowest BCUT2D eigenvalue weighted by atomic mass is 9.64. The van der Waals surface area contributed by atoms with E-state index in [2.05, 4.69) is 25.9 Å². The predicted molar refractivity (Wildman–Crippen MR) is 196 cm³/mol. The van der Waals surface area contributed by atoms with E-state index in [0.717, 1.165) is 19.3 Å². The van der Waals surface area contributed by atoms with E-state index >= 15 is 0 Å². The first-order valence-corrected chi connectivity index (χ1v) is 20.3.